The van der Waals surface area contributed by atoms with Crippen molar-refractivity contribution in [2.75, 3.05) is 6.54 Å². The van der Waals surface area contributed by atoms with Gasteiger partial charge in [-0.25, -0.2) is 0 Å². The Balaban J connectivity index is 2.14. The Morgan fingerprint density at radius 2 is 2.00 bits per heavy atom. The highest BCUT2D eigenvalue weighted by Gasteiger charge is 2.07. The van der Waals surface area contributed by atoms with Crippen LogP contribution in [-0.4, -0.2) is 6.54 Å². The van der Waals surface area contributed by atoms with Crippen LogP contribution in [0.25, 0.3) is 0 Å². The molecule has 2 nitrogen and oxygen atoms in total. The van der Waals surface area contributed by atoms with E-state index in [-0.39, 0.29) is 0 Å². The highest BCUT2D eigenvalue weighted by molar-refractivity contribution is 14.1. The molecule has 0 aliphatic carbocycles. The summed E-state index contributed by atoms with van der Waals surface area (Å²) in [5, 5.41) is 4.15. The van der Waals surface area contributed by atoms with Gasteiger partial charge in [0.05, 0.1) is 0 Å². The lowest BCUT2D eigenvalue weighted by atomic mass is 10.1. The molecule has 2 aromatic carbocycles. The molecule has 112 valence electrons. The van der Waals surface area contributed by atoms with Crippen LogP contribution in [0.2, 0.25) is 5.02 Å². The Hall–Kier alpha value is -0.780. The normalized spacial score (nSPS) is 10.9. The van der Waals surface area contributed by atoms with Gasteiger partial charge in [-0.3, -0.25) is 0 Å². The van der Waals surface area contributed by atoms with E-state index in [1.54, 1.807) is 0 Å². The standard InChI is InChI=1S/C17H19ClINO/c1-12(2)10-20-11-13-8-14(18)6-7-17(13)21-16-5-3-4-15(19)9-16/h3-9,12,20H,10-11H2,1-2H3. The number of rotatable bonds is 6. The van der Waals surface area contributed by atoms with E-state index >= 15 is 0 Å². The zero-order valence-corrected chi connectivity index (χ0v) is 15.1. The van der Waals surface area contributed by atoms with E-state index in [9.17, 15) is 0 Å². The van der Waals surface area contributed by atoms with Crippen molar-refractivity contribution in [2.45, 2.75) is 20.4 Å². The molecule has 0 spiro atoms. The van der Waals surface area contributed by atoms with Gasteiger partial charge < -0.3 is 10.1 Å². The molecule has 1 N–H and O–H groups in total. The molecular weight excluding hydrogens is 397 g/mol. The number of hydrogen-bond acceptors (Lipinski definition) is 2. The van der Waals surface area contributed by atoms with E-state index in [0.29, 0.717) is 5.92 Å². The molecule has 0 aliphatic rings. The molecule has 0 fully saturated rings. The van der Waals surface area contributed by atoms with Crippen molar-refractivity contribution in [3.63, 3.8) is 0 Å². The molecule has 2 rings (SSSR count). The molecule has 0 saturated carbocycles. The van der Waals surface area contributed by atoms with Crippen LogP contribution in [0.5, 0.6) is 11.5 Å². The van der Waals surface area contributed by atoms with Gasteiger partial charge >= 0.3 is 0 Å². The van der Waals surface area contributed by atoms with Crippen LogP contribution in [0.1, 0.15) is 19.4 Å². The molecule has 0 bridgehead atoms. The summed E-state index contributed by atoms with van der Waals surface area (Å²) in [7, 11) is 0. The minimum Gasteiger partial charge on any atom is -0.457 e. The van der Waals surface area contributed by atoms with Gasteiger partial charge in [0.1, 0.15) is 11.5 Å². The van der Waals surface area contributed by atoms with Crippen LogP contribution in [0.15, 0.2) is 42.5 Å². The van der Waals surface area contributed by atoms with Gasteiger partial charge in [-0.1, -0.05) is 31.5 Å². The molecule has 0 aliphatic heterocycles. The first-order chi connectivity index (χ1) is 10.0. The fraction of sp³-hybridized carbons (Fsp3) is 0.294. The van der Waals surface area contributed by atoms with E-state index in [1.807, 2.05) is 42.5 Å². The highest BCUT2D eigenvalue weighted by Crippen LogP contribution is 2.28. The Labute approximate surface area is 145 Å². The maximum atomic E-state index is 6.10. The van der Waals surface area contributed by atoms with Crippen LogP contribution in [0.4, 0.5) is 0 Å². The lowest BCUT2D eigenvalue weighted by Gasteiger charge is -2.13. The average molecular weight is 416 g/mol. The van der Waals surface area contributed by atoms with Crippen molar-refractivity contribution < 1.29 is 4.74 Å². The number of benzene rings is 2. The number of hydrogen-bond donors (Lipinski definition) is 1. The smallest absolute Gasteiger partial charge is 0.132 e. The van der Waals surface area contributed by atoms with Crippen LogP contribution in [0.3, 0.4) is 0 Å². The molecule has 2 aromatic rings. The lowest BCUT2D eigenvalue weighted by Crippen LogP contribution is -2.19. The summed E-state index contributed by atoms with van der Waals surface area (Å²) in [4.78, 5) is 0. The highest BCUT2D eigenvalue weighted by atomic mass is 127. The second kappa shape index (κ2) is 8.01. The molecular formula is C17H19ClINO. The fourth-order valence-electron chi connectivity index (χ4n) is 1.94. The Bertz CT molecular complexity index is 601. The van der Waals surface area contributed by atoms with Gasteiger partial charge in [-0.2, -0.15) is 0 Å². The maximum absolute atomic E-state index is 6.10. The molecule has 0 radical (unpaired) electrons. The Morgan fingerprint density at radius 3 is 2.71 bits per heavy atom. The first-order valence-electron chi connectivity index (χ1n) is 6.97. The number of nitrogens with one attached hydrogen (secondary N) is 1. The van der Waals surface area contributed by atoms with Gasteiger partial charge in [-0.05, 0) is 71.5 Å². The first-order valence-corrected chi connectivity index (χ1v) is 8.43. The molecule has 0 saturated heterocycles. The van der Waals surface area contributed by atoms with Gasteiger partial charge in [0.25, 0.3) is 0 Å². The summed E-state index contributed by atoms with van der Waals surface area (Å²) in [5.41, 5.74) is 1.07. The van der Waals surface area contributed by atoms with Crippen LogP contribution in [0, 0.1) is 9.49 Å². The van der Waals surface area contributed by atoms with Crippen molar-refractivity contribution in [3.8, 4) is 11.5 Å². The zero-order valence-electron chi connectivity index (χ0n) is 12.2. The Kier molecular flexibility index (Phi) is 6.33. The van der Waals surface area contributed by atoms with E-state index in [0.717, 1.165) is 38.7 Å². The SMILES string of the molecule is CC(C)CNCc1cc(Cl)ccc1Oc1cccc(I)c1. The van der Waals surface area contributed by atoms with E-state index in [2.05, 4.69) is 41.8 Å². The molecule has 0 heterocycles. The maximum Gasteiger partial charge on any atom is 0.132 e. The van der Waals surface area contributed by atoms with Crippen LogP contribution >= 0.6 is 34.2 Å². The molecule has 21 heavy (non-hydrogen) atoms. The third-order valence-corrected chi connectivity index (χ3v) is 3.82. The average Bonchev–Trinajstić information content (AvgIpc) is 2.41. The van der Waals surface area contributed by atoms with E-state index < -0.39 is 0 Å². The van der Waals surface area contributed by atoms with Crippen LogP contribution < -0.4 is 10.1 Å². The summed E-state index contributed by atoms with van der Waals surface area (Å²) in [6, 6.07) is 13.7. The van der Waals surface area contributed by atoms with E-state index in [1.165, 1.54) is 0 Å². The van der Waals surface area contributed by atoms with Crippen molar-refractivity contribution >= 4 is 34.2 Å². The lowest BCUT2D eigenvalue weighted by molar-refractivity contribution is 0.469. The molecule has 0 atom stereocenters. The van der Waals surface area contributed by atoms with Gasteiger partial charge in [0.2, 0.25) is 0 Å². The van der Waals surface area contributed by atoms with E-state index in [4.69, 9.17) is 16.3 Å². The largest absolute Gasteiger partial charge is 0.457 e. The summed E-state index contributed by atoms with van der Waals surface area (Å²) < 4.78 is 7.15. The molecule has 0 aromatic heterocycles. The molecule has 0 amide bonds. The number of ether oxygens (including phenoxy) is 1. The summed E-state index contributed by atoms with van der Waals surface area (Å²) in [5.74, 6) is 2.30. The fourth-order valence-corrected chi connectivity index (χ4v) is 2.65. The van der Waals surface area contributed by atoms with Crippen molar-refractivity contribution in [3.05, 3.63) is 56.6 Å². The van der Waals surface area contributed by atoms with Crippen molar-refractivity contribution in [2.24, 2.45) is 5.92 Å². The van der Waals surface area contributed by atoms with Gasteiger partial charge in [0.15, 0.2) is 0 Å². The second-order valence-electron chi connectivity index (χ2n) is 5.34. The molecule has 4 heteroatoms. The predicted octanol–water partition coefficient (Wildman–Crippen LogP) is 5.48. The minimum atomic E-state index is 0.615. The minimum absolute atomic E-state index is 0.615. The zero-order chi connectivity index (χ0) is 15.2. The van der Waals surface area contributed by atoms with Crippen molar-refractivity contribution in [1.82, 2.24) is 5.32 Å². The van der Waals surface area contributed by atoms with Gasteiger partial charge in [-0.15, -0.1) is 0 Å². The summed E-state index contributed by atoms with van der Waals surface area (Å²) in [6.45, 7) is 6.09. The summed E-state index contributed by atoms with van der Waals surface area (Å²) >= 11 is 8.38. The molecule has 0 unspecified atom stereocenters. The van der Waals surface area contributed by atoms with Crippen LogP contribution in [-0.2, 0) is 6.54 Å². The topological polar surface area (TPSA) is 21.3 Å². The second-order valence-corrected chi connectivity index (χ2v) is 7.02. The third kappa shape index (κ3) is 5.49. The monoisotopic (exact) mass is 415 g/mol. The Morgan fingerprint density at radius 1 is 1.19 bits per heavy atom. The third-order valence-electron chi connectivity index (χ3n) is 2.91. The van der Waals surface area contributed by atoms with Gasteiger partial charge in [0, 0.05) is 20.7 Å². The van der Waals surface area contributed by atoms with Crippen molar-refractivity contribution in [1.29, 1.82) is 0 Å². The number of halogens is 2. The predicted molar refractivity (Wildman–Crippen MR) is 97.2 cm³/mol. The summed E-state index contributed by atoms with van der Waals surface area (Å²) in [6.07, 6.45) is 0. The first kappa shape index (κ1) is 16.6. The quantitative estimate of drug-likeness (QED) is 0.631.